The number of sulfonamides is 1. The summed E-state index contributed by atoms with van der Waals surface area (Å²) < 4.78 is 40.5. The van der Waals surface area contributed by atoms with Crippen molar-refractivity contribution in [1.82, 2.24) is 4.72 Å². The Morgan fingerprint density at radius 3 is 2.70 bits per heavy atom. The van der Waals surface area contributed by atoms with Gasteiger partial charge in [-0.1, -0.05) is 18.5 Å². The van der Waals surface area contributed by atoms with Gasteiger partial charge in [0.25, 0.3) is 0 Å². The largest absolute Gasteiger partial charge is 0.326 e. The molecule has 0 aliphatic rings. The second-order valence-corrected chi connectivity index (χ2v) is 7.68. The molecular weight excluding hydrogens is 323 g/mol. The monoisotopic (exact) mass is 340 g/mol. The molecule has 1 aromatic rings. The van der Waals surface area contributed by atoms with Crippen molar-refractivity contribution in [1.29, 1.82) is 0 Å². The van der Waals surface area contributed by atoms with Crippen LogP contribution in [0.2, 0.25) is 5.02 Å². The molecule has 0 saturated heterocycles. The van der Waals surface area contributed by atoms with Gasteiger partial charge in [0, 0.05) is 18.3 Å². The van der Waals surface area contributed by atoms with E-state index in [1.807, 2.05) is 6.92 Å². The summed E-state index contributed by atoms with van der Waals surface area (Å²) in [5, 5.41) is -0.138. The highest BCUT2D eigenvalue weighted by Gasteiger charge is 2.20. The first-order chi connectivity index (χ1) is 9.31. The van der Waals surface area contributed by atoms with Gasteiger partial charge in [-0.15, -0.1) is 0 Å². The Bertz CT molecular complexity index is 567. The molecule has 3 N–H and O–H groups in total. The first-order valence-electron chi connectivity index (χ1n) is 6.09. The van der Waals surface area contributed by atoms with Crippen molar-refractivity contribution >= 4 is 33.4 Å². The minimum Gasteiger partial charge on any atom is -0.326 e. The van der Waals surface area contributed by atoms with Crippen molar-refractivity contribution in [3.63, 3.8) is 0 Å². The minimum atomic E-state index is -3.78. The molecule has 0 aromatic heterocycles. The predicted molar refractivity (Wildman–Crippen MR) is 82.1 cm³/mol. The third kappa shape index (κ3) is 4.60. The van der Waals surface area contributed by atoms with Gasteiger partial charge in [0.15, 0.2) is 0 Å². The van der Waals surface area contributed by atoms with Gasteiger partial charge in [0.1, 0.15) is 5.82 Å². The highest BCUT2D eigenvalue weighted by molar-refractivity contribution is 7.99. The third-order valence-corrected chi connectivity index (χ3v) is 5.67. The van der Waals surface area contributed by atoms with Crippen LogP contribution in [0.5, 0.6) is 0 Å². The summed E-state index contributed by atoms with van der Waals surface area (Å²) in [6, 6.07) is 1.96. The topological polar surface area (TPSA) is 72.2 Å². The van der Waals surface area contributed by atoms with Gasteiger partial charge in [-0.05, 0) is 30.4 Å². The van der Waals surface area contributed by atoms with Crippen LogP contribution >= 0.6 is 23.4 Å². The normalized spacial score (nSPS) is 13.4. The van der Waals surface area contributed by atoms with Crippen molar-refractivity contribution in [2.75, 3.05) is 11.5 Å². The number of nitrogens with one attached hydrogen (secondary N) is 1. The van der Waals surface area contributed by atoms with Crippen molar-refractivity contribution in [3.05, 3.63) is 28.5 Å². The van der Waals surface area contributed by atoms with Crippen LogP contribution in [-0.2, 0) is 16.6 Å². The molecule has 4 nitrogen and oxygen atoms in total. The summed E-state index contributed by atoms with van der Waals surface area (Å²) in [5.74, 6) is 0.764. The van der Waals surface area contributed by atoms with Gasteiger partial charge in [0.2, 0.25) is 10.0 Å². The Hall–Kier alpha value is -0.340. The molecule has 0 aliphatic carbocycles. The zero-order valence-corrected chi connectivity index (χ0v) is 13.7. The van der Waals surface area contributed by atoms with Gasteiger partial charge >= 0.3 is 0 Å². The van der Waals surface area contributed by atoms with Crippen LogP contribution in [0.1, 0.15) is 19.4 Å². The highest BCUT2D eigenvalue weighted by Crippen LogP contribution is 2.24. The average Bonchev–Trinajstić information content (AvgIpc) is 2.38. The van der Waals surface area contributed by atoms with Gasteiger partial charge in [-0.25, -0.2) is 17.5 Å². The number of halogens is 2. The van der Waals surface area contributed by atoms with E-state index in [4.69, 9.17) is 17.3 Å². The van der Waals surface area contributed by atoms with Crippen LogP contribution in [0.4, 0.5) is 4.39 Å². The fourth-order valence-corrected chi connectivity index (χ4v) is 3.85. The molecule has 0 saturated carbocycles. The van der Waals surface area contributed by atoms with Crippen molar-refractivity contribution in [2.45, 2.75) is 31.3 Å². The molecule has 1 unspecified atom stereocenters. The summed E-state index contributed by atoms with van der Waals surface area (Å²) in [5.41, 5.74) is 5.70. The average molecular weight is 341 g/mol. The number of benzene rings is 1. The smallest absolute Gasteiger partial charge is 0.240 e. The fraction of sp³-hybridized carbons (Fsp3) is 0.500. The number of rotatable bonds is 7. The molecule has 1 atom stereocenters. The second-order valence-electron chi connectivity index (χ2n) is 4.26. The van der Waals surface area contributed by atoms with Crippen LogP contribution in [0.3, 0.4) is 0 Å². The molecular formula is C12H18ClFN2O2S2. The molecule has 114 valence electrons. The van der Waals surface area contributed by atoms with Crippen molar-refractivity contribution < 1.29 is 12.8 Å². The van der Waals surface area contributed by atoms with E-state index >= 15 is 0 Å². The van der Waals surface area contributed by atoms with E-state index < -0.39 is 15.8 Å². The van der Waals surface area contributed by atoms with E-state index in [0.29, 0.717) is 5.75 Å². The van der Waals surface area contributed by atoms with Crippen molar-refractivity contribution in [2.24, 2.45) is 5.73 Å². The number of thioether (sulfide) groups is 1. The lowest BCUT2D eigenvalue weighted by atomic mass is 10.2. The molecule has 0 aliphatic heterocycles. The maximum atomic E-state index is 13.6. The molecule has 0 heterocycles. The van der Waals surface area contributed by atoms with Crippen LogP contribution in [-0.4, -0.2) is 26.0 Å². The molecule has 20 heavy (non-hydrogen) atoms. The summed E-state index contributed by atoms with van der Waals surface area (Å²) in [6.45, 7) is 3.73. The maximum absolute atomic E-state index is 13.6. The van der Waals surface area contributed by atoms with Crippen LogP contribution in [0.15, 0.2) is 17.0 Å². The van der Waals surface area contributed by atoms with E-state index in [-0.39, 0.29) is 28.1 Å². The number of hydrogen-bond donors (Lipinski definition) is 2. The third-order valence-electron chi connectivity index (χ3n) is 2.54. The molecule has 0 radical (unpaired) electrons. The SMILES string of the molecule is CCSCC(C)NS(=O)(=O)c1cc(F)c(Cl)c(CN)c1. The quantitative estimate of drug-likeness (QED) is 0.799. The lowest BCUT2D eigenvalue weighted by Crippen LogP contribution is -2.34. The standard InChI is InChI=1S/C12H18ClFN2O2S2/c1-3-19-7-8(2)16-20(17,18)10-4-9(6-15)12(13)11(14)5-10/h4-5,8,16H,3,6-7,15H2,1-2H3. The number of hydrogen-bond acceptors (Lipinski definition) is 4. The fourth-order valence-electron chi connectivity index (χ4n) is 1.58. The van der Waals surface area contributed by atoms with Crippen LogP contribution in [0, 0.1) is 5.82 Å². The minimum absolute atomic E-state index is 0.0274. The maximum Gasteiger partial charge on any atom is 0.240 e. The van der Waals surface area contributed by atoms with Crippen molar-refractivity contribution in [3.8, 4) is 0 Å². The molecule has 0 amide bonds. The summed E-state index contributed by atoms with van der Waals surface area (Å²) in [4.78, 5) is -0.159. The highest BCUT2D eigenvalue weighted by atomic mass is 35.5. The Morgan fingerprint density at radius 1 is 1.50 bits per heavy atom. The summed E-state index contributed by atoms with van der Waals surface area (Å²) >= 11 is 7.34. The molecule has 0 spiro atoms. The Labute approximate surface area is 128 Å². The van der Waals surface area contributed by atoms with E-state index in [2.05, 4.69) is 4.72 Å². The van der Waals surface area contributed by atoms with E-state index in [1.54, 1.807) is 18.7 Å². The molecule has 1 rings (SSSR count). The van der Waals surface area contributed by atoms with E-state index in [0.717, 1.165) is 11.8 Å². The molecule has 8 heteroatoms. The lowest BCUT2D eigenvalue weighted by molar-refractivity contribution is 0.567. The first kappa shape index (κ1) is 17.7. The second kappa shape index (κ2) is 7.61. The lowest BCUT2D eigenvalue weighted by Gasteiger charge is -2.14. The molecule has 0 bridgehead atoms. The van der Waals surface area contributed by atoms with Gasteiger partial charge in [-0.2, -0.15) is 11.8 Å². The van der Waals surface area contributed by atoms with Gasteiger partial charge in [-0.3, -0.25) is 0 Å². The Balaban J connectivity index is 3.01. The first-order valence-corrected chi connectivity index (χ1v) is 9.11. The summed E-state index contributed by atoms with van der Waals surface area (Å²) in [7, 11) is -3.78. The predicted octanol–water partition coefficient (Wildman–Crippen LogP) is 2.36. The van der Waals surface area contributed by atoms with Crippen LogP contribution in [0.25, 0.3) is 0 Å². The zero-order chi connectivity index (χ0) is 15.3. The van der Waals surface area contributed by atoms with E-state index in [9.17, 15) is 12.8 Å². The summed E-state index contributed by atoms with van der Waals surface area (Å²) in [6.07, 6.45) is 0. The Morgan fingerprint density at radius 2 is 2.15 bits per heavy atom. The Kier molecular flexibility index (Phi) is 6.74. The number of nitrogens with two attached hydrogens (primary N) is 1. The van der Waals surface area contributed by atoms with E-state index in [1.165, 1.54) is 6.07 Å². The van der Waals surface area contributed by atoms with Gasteiger partial charge < -0.3 is 5.73 Å². The molecule has 0 fully saturated rings. The van der Waals surface area contributed by atoms with Gasteiger partial charge in [0.05, 0.1) is 9.92 Å². The molecule has 1 aromatic carbocycles. The zero-order valence-electron chi connectivity index (χ0n) is 11.3. The van der Waals surface area contributed by atoms with Crippen LogP contribution < -0.4 is 10.5 Å².